The molecule has 0 bridgehead atoms. The minimum atomic E-state index is -0.713. The first-order valence-corrected chi connectivity index (χ1v) is 11.1. The molecular weight excluding hydrogens is 422 g/mol. The van der Waals surface area contributed by atoms with Gasteiger partial charge in [-0.3, -0.25) is 9.59 Å². The molecule has 4 aromatic rings. The Kier molecular flexibility index (Phi) is 6.77. The standard InChI is InChI=1S/C25H23N3O3S/c1-2-31-20-10-8-18(9-11-20)22-12-13-23(32-22)25(30)27-21(16-28-15-14-26-17-28)24(29)19-6-4-3-5-7-19/h3-15,17,21H,2,16H2,1H3,(H,27,30). The van der Waals surface area contributed by atoms with Gasteiger partial charge in [0.05, 0.1) is 24.4 Å². The Morgan fingerprint density at radius 3 is 2.53 bits per heavy atom. The molecule has 0 aliphatic rings. The molecule has 2 heterocycles. The highest BCUT2D eigenvalue weighted by molar-refractivity contribution is 7.17. The molecule has 0 radical (unpaired) electrons. The Labute approximate surface area is 190 Å². The van der Waals surface area contributed by atoms with E-state index in [1.807, 2.05) is 55.5 Å². The van der Waals surface area contributed by atoms with Crippen molar-refractivity contribution >= 4 is 23.0 Å². The minimum Gasteiger partial charge on any atom is -0.494 e. The molecule has 0 saturated heterocycles. The van der Waals surface area contributed by atoms with Crippen LogP contribution in [0.5, 0.6) is 5.75 Å². The number of ketones is 1. The highest BCUT2D eigenvalue weighted by Crippen LogP contribution is 2.29. The zero-order valence-electron chi connectivity index (χ0n) is 17.6. The van der Waals surface area contributed by atoms with Crippen LogP contribution in [0.1, 0.15) is 27.0 Å². The van der Waals surface area contributed by atoms with Gasteiger partial charge >= 0.3 is 0 Å². The van der Waals surface area contributed by atoms with E-state index in [-0.39, 0.29) is 11.7 Å². The van der Waals surface area contributed by atoms with Crippen molar-refractivity contribution in [3.05, 3.63) is 95.9 Å². The third kappa shape index (κ3) is 5.12. The van der Waals surface area contributed by atoms with Crippen LogP contribution in [0.2, 0.25) is 0 Å². The number of carbonyl (C=O) groups excluding carboxylic acids is 2. The van der Waals surface area contributed by atoms with Crippen LogP contribution in [0.4, 0.5) is 0 Å². The largest absolute Gasteiger partial charge is 0.494 e. The van der Waals surface area contributed by atoms with Crippen LogP contribution in [0.3, 0.4) is 0 Å². The minimum absolute atomic E-state index is 0.143. The van der Waals surface area contributed by atoms with E-state index in [1.54, 1.807) is 41.5 Å². The van der Waals surface area contributed by atoms with Crippen LogP contribution >= 0.6 is 11.3 Å². The maximum Gasteiger partial charge on any atom is 0.262 e. The summed E-state index contributed by atoms with van der Waals surface area (Å²) in [5.74, 6) is 0.394. The monoisotopic (exact) mass is 445 g/mol. The molecule has 6 nitrogen and oxygen atoms in total. The molecule has 2 aromatic carbocycles. The van der Waals surface area contributed by atoms with Gasteiger partial charge < -0.3 is 14.6 Å². The third-order valence-electron chi connectivity index (χ3n) is 4.91. The smallest absolute Gasteiger partial charge is 0.262 e. The van der Waals surface area contributed by atoms with Gasteiger partial charge in [0.25, 0.3) is 5.91 Å². The fourth-order valence-corrected chi connectivity index (χ4v) is 4.24. The van der Waals surface area contributed by atoms with E-state index < -0.39 is 6.04 Å². The van der Waals surface area contributed by atoms with Crippen molar-refractivity contribution in [3.8, 4) is 16.2 Å². The molecule has 0 spiro atoms. The first-order chi connectivity index (χ1) is 15.6. The first-order valence-electron chi connectivity index (χ1n) is 10.3. The molecule has 162 valence electrons. The number of hydrogen-bond donors (Lipinski definition) is 1. The molecule has 4 rings (SSSR count). The average molecular weight is 446 g/mol. The van der Waals surface area contributed by atoms with Gasteiger partial charge in [-0.05, 0) is 48.9 Å². The normalized spacial score (nSPS) is 11.7. The van der Waals surface area contributed by atoms with Crippen molar-refractivity contribution in [2.45, 2.75) is 19.5 Å². The molecule has 0 aliphatic carbocycles. The van der Waals surface area contributed by atoms with Crippen molar-refractivity contribution in [1.82, 2.24) is 14.9 Å². The van der Waals surface area contributed by atoms with Gasteiger partial charge in [-0.1, -0.05) is 30.3 Å². The van der Waals surface area contributed by atoms with E-state index in [0.717, 1.165) is 16.2 Å². The molecule has 1 amide bonds. The Balaban J connectivity index is 1.51. The number of rotatable bonds is 9. The predicted octanol–water partition coefficient (Wildman–Crippen LogP) is 4.69. The lowest BCUT2D eigenvalue weighted by atomic mass is 10.0. The van der Waals surface area contributed by atoms with E-state index in [0.29, 0.717) is 23.6 Å². The van der Waals surface area contributed by atoms with Crippen molar-refractivity contribution in [1.29, 1.82) is 0 Å². The Morgan fingerprint density at radius 1 is 1.06 bits per heavy atom. The van der Waals surface area contributed by atoms with Crippen molar-refractivity contribution in [3.63, 3.8) is 0 Å². The van der Waals surface area contributed by atoms with E-state index >= 15 is 0 Å². The van der Waals surface area contributed by atoms with Crippen LogP contribution in [-0.4, -0.2) is 33.9 Å². The number of benzene rings is 2. The lowest BCUT2D eigenvalue weighted by Crippen LogP contribution is -2.43. The number of amides is 1. The third-order valence-corrected chi connectivity index (χ3v) is 6.05. The lowest BCUT2D eigenvalue weighted by molar-refractivity contribution is 0.0850. The summed E-state index contributed by atoms with van der Waals surface area (Å²) in [6, 6.07) is 19.7. The van der Waals surface area contributed by atoms with E-state index in [4.69, 9.17) is 4.74 Å². The van der Waals surface area contributed by atoms with E-state index in [2.05, 4.69) is 10.3 Å². The van der Waals surface area contributed by atoms with Crippen molar-refractivity contribution < 1.29 is 14.3 Å². The second-order valence-corrected chi connectivity index (χ2v) is 8.22. The number of ether oxygens (including phenoxy) is 1. The van der Waals surface area contributed by atoms with Crippen molar-refractivity contribution in [2.24, 2.45) is 0 Å². The summed E-state index contributed by atoms with van der Waals surface area (Å²) in [4.78, 5) is 31.6. The Hall–Kier alpha value is -3.71. The Morgan fingerprint density at radius 2 is 1.84 bits per heavy atom. The van der Waals surface area contributed by atoms with Crippen molar-refractivity contribution in [2.75, 3.05) is 6.61 Å². The second-order valence-electron chi connectivity index (χ2n) is 7.14. The number of thiophene rings is 1. The number of carbonyl (C=O) groups is 2. The number of aromatic nitrogens is 2. The van der Waals surface area contributed by atoms with Gasteiger partial charge in [0.15, 0.2) is 5.78 Å². The average Bonchev–Trinajstić information content (AvgIpc) is 3.52. The summed E-state index contributed by atoms with van der Waals surface area (Å²) in [6.45, 7) is 2.86. The summed E-state index contributed by atoms with van der Waals surface area (Å²) in [5.41, 5.74) is 1.56. The molecule has 7 heteroatoms. The van der Waals surface area contributed by atoms with Gasteiger partial charge in [0.2, 0.25) is 0 Å². The summed E-state index contributed by atoms with van der Waals surface area (Å²) in [5, 5.41) is 2.91. The molecule has 32 heavy (non-hydrogen) atoms. The van der Waals surface area contributed by atoms with Crippen LogP contribution in [0.25, 0.3) is 10.4 Å². The zero-order chi connectivity index (χ0) is 22.3. The van der Waals surface area contributed by atoms with Crippen LogP contribution in [0.15, 0.2) is 85.5 Å². The number of hydrogen-bond acceptors (Lipinski definition) is 5. The predicted molar refractivity (Wildman–Crippen MR) is 125 cm³/mol. The van der Waals surface area contributed by atoms with Gasteiger partial charge in [0.1, 0.15) is 11.8 Å². The first kappa shape index (κ1) is 21.5. The molecule has 2 aromatic heterocycles. The fourth-order valence-electron chi connectivity index (χ4n) is 3.33. The molecule has 0 aliphatic heterocycles. The molecule has 1 N–H and O–H groups in total. The van der Waals surface area contributed by atoms with Gasteiger partial charge in [-0.15, -0.1) is 11.3 Å². The molecule has 1 unspecified atom stereocenters. The van der Waals surface area contributed by atoms with Gasteiger partial charge in [-0.2, -0.15) is 0 Å². The zero-order valence-corrected chi connectivity index (χ0v) is 18.4. The number of nitrogens with one attached hydrogen (secondary N) is 1. The number of imidazole rings is 1. The maximum atomic E-state index is 13.1. The summed E-state index contributed by atoms with van der Waals surface area (Å²) >= 11 is 1.39. The summed E-state index contributed by atoms with van der Waals surface area (Å²) < 4.78 is 7.27. The number of nitrogens with zero attached hydrogens (tertiary/aromatic N) is 2. The number of Topliss-reactive ketones (excluding diaryl/α,β-unsaturated/α-hetero) is 1. The maximum absolute atomic E-state index is 13.1. The lowest BCUT2D eigenvalue weighted by Gasteiger charge is -2.18. The second kappa shape index (κ2) is 10.1. The molecule has 0 saturated carbocycles. The van der Waals surface area contributed by atoms with Gasteiger partial charge in [0, 0.05) is 22.8 Å². The van der Waals surface area contributed by atoms with Crippen LogP contribution in [-0.2, 0) is 6.54 Å². The summed E-state index contributed by atoms with van der Waals surface area (Å²) in [6.07, 6.45) is 5.05. The SMILES string of the molecule is CCOc1ccc(-c2ccc(C(=O)NC(Cn3ccnc3)C(=O)c3ccccc3)s2)cc1. The molecule has 0 fully saturated rings. The fraction of sp³-hybridized carbons (Fsp3) is 0.160. The van der Waals surface area contributed by atoms with E-state index in [9.17, 15) is 9.59 Å². The van der Waals surface area contributed by atoms with Gasteiger partial charge in [-0.25, -0.2) is 4.98 Å². The molecular formula is C25H23N3O3S. The summed E-state index contributed by atoms with van der Waals surface area (Å²) in [7, 11) is 0. The highest BCUT2D eigenvalue weighted by atomic mass is 32.1. The topological polar surface area (TPSA) is 73.2 Å². The van der Waals surface area contributed by atoms with Crippen LogP contribution < -0.4 is 10.1 Å². The van der Waals surface area contributed by atoms with E-state index in [1.165, 1.54) is 11.3 Å². The Bertz CT molecular complexity index is 1170. The molecule has 1 atom stereocenters. The highest BCUT2D eigenvalue weighted by Gasteiger charge is 2.24. The quantitative estimate of drug-likeness (QED) is 0.379. The van der Waals surface area contributed by atoms with Crippen LogP contribution in [0, 0.1) is 0 Å².